The van der Waals surface area contributed by atoms with Gasteiger partial charge in [-0.3, -0.25) is 4.79 Å². The van der Waals surface area contributed by atoms with Crippen molar-refractivity contribution in [3.05, 3.63) is 70.6 Å². The molecule has 0 unspecified atom stereocenters. The summed E-state index contributed by atoms with van der Waals surface area (Å²) in [7, 11) is 0. The molecule has 0 fully saturated rings. The summed E-state index contributed by atoms with van der Waals surface area (Å²) >= 11 is 1.49. The van der Waals surface area contributed by atoms with Crippen LogP contribution in [0.5, 0.6) is 0 Å². The predicted octanol–water partition coefficient (Wildman–Crippen LogP) is 3.54. The Balaban J connectivity index is 1.63. The second kappa shape index (κ2) is 6.94. The molecule has 0 saturated heterocycles. The topological polar surface area (TPSA) is 49.3 Å². The first-order valence-electron chi connectivity index (χ1n) is 7.63. The second-order valence-electron chi connectivity index (χ2n) is 5.61. The first-order valence-corrected chi connectivity index (χ1v) is 8.45. The van der Waals surface area contributed by atoms with Gasteiger partial charge in [-0.1, -0.05) is 48.5 Å². The van der Waals surface area contributed by atoms with Crippen LogP contribution in [0.1, 0.15) is 20.8 Å². The van der Waals surface area contributed by atoms with Crippen LogP contribution in [0.4, 0.5) is 0 Å². The molecule has 0 saturated carbocycles. The largest absolute Gasteiger partial charge is 0.391 e. The Morgan fingerprint density at radius 3 is 2.57 bits per heavy atom. The van der Waals surface area contributed by atoms with Gasteiger partial charge < -0.3 is 10.4 Å². The van der Waals surface area contributed by atoms with Gasteiger partial charge in [-0.25, -0.2) is 0 Å². The highest BCUT2D eigenvalue weighted by Crippen LogP contribution is 2.30. The van der Waals surface area contributed by atoms with Crippen LogP contribution in [0.3, 0.4) is 0 Å². The lowest BCUT2D eigenvalue weighted by Gasteiger charge is -2.11. The zero-order chi connectivity index (χ0) is 16.2. The molecule has 3 nitrogen and oxygen atoms in total. The molecule has 0 bridgehead atoms. The number of nitrogens with one attached hydrogen (secondary N) is 1. The average molecular weight is 325 g/mol. The van der Waals surface area contributed by atoms with Crippen LogP contribution in [0.2, 0.25) is 0 Å². The molecule has 0 spiro atoms. The van der Waals surface area contributed by atoms with E-state index >= 15 is 0 Å². The SMILES string of the molecule is Cc1c(C(=O)NC[C@H](O)Cc2ccccc2)sc2ccccc12. The third-order valence-corrected chi connectivity index (χ3v) is 5.13. The van der Waals surface area contributed by atoms with Crippen molar-refractivity contribution in [3.8, 4) is 0 Å². The summed E-state index contributed by atoms with van der Waals surface area (Å²) in [6.07, 6.45) is -0.0528. The Morgan fingerprint density at radius 1 is 1.13 bits per heavy atom. The fourth-order valence-electron chi connectivity index (χ4n) is 2.64. The fraction of sp³-hybridized carbons (Fsp3) is 0.211. The maximum atomic E-state index is 12.4. The Hall–Kier alpha value is -2.17. The van der Waals surface area contributed by atoms with Crippen molar-refractivity contribution in [1.82, 2.24) is 5.32 Å². The van der Waals surface area contributed by atoms with Gasteiger partial charge in [0.05, 0.1) is 11.0 Å². The minimum absolute atomic E-state index is 0.115. The summed E-state index contributed by atoms with van der Waals surface area (Å²) in [5.74, 6) is -0.115. The molecule has 3 rings (SSSR count). The molecule has 0 aliphatic heterocycles. The number of rotatable bonds is 5. The van der Waals surface area contributed by atoms with Crippen LogP contribution in [-0.2, 0) is 6.42 Å². The van der Waals surface area contributed by atoms with Gasteiger partial charge in [0.25, 0.3) is 5.91 Å². The van der Waals surface area contributed by atoms with E-state index in [0.29, 0.717) is 6.42 Å². The van der Waals surface area contributed by atoms with E-state index < -0.39 is 6.10 Å². The van der Waals surface area contributed by atoms with E-state index in [1.165, 1.54) is 11.3 Å². The molecule has 2 aromatic carbocycles. The van der Waals surface area contributed by atoms with Gasteiger partial charge in [0.1, 0.15) is 0 Å². The van der Waals surface area contributed by atoms with Crippen LogP contribution >= 0.6 is 11.3 Å². The number of aliphatic hydroxyl groups is 1. The highest BCUT2D eigenvalue weighted by Gasteiger charge is 2.16. The van der Waals surface area contributed by atoms with Crippen molar-refractivity contribution in [2.75, 3.05) is 6.54 Å². The Labute approximate surface area is 139 Å². The zero-order valence-corrected chi connectivity index (χ0v) is 13.8. The molecule has 0 radical (unpaired) electrons. The molecule has 23 heavy (non-hydrogen) atoms. The third-order valence-electron chi connectivity index (χ3n) is 3.86. The van der Waals surface area contributed by atoms with Gasteiger partial charge >= 0.3 is 0 Å². The number of benzene rings is 2. The fourth-order valence-corrected chi connectivity index (χ4v) is 3.77. The van der Waals surface area contributed by atoms with Gasteiger partial charge in [0.15, 0.2) is 0 Å². The lowest BCUT2D eigenvalue weighted by atomic mass is 10.1. The summed E-state index contributed by atoms with van der Waals surface area (Å²) in [4.78, 5) is 13.1. The van der Waals surface area contributed by atoms with Crippen molar-refractivity contribution in [2.45, 2.75) is 19.4 Å². The minimum Gasteiger partial charge on any atom is -0.391 e. The van der Waals surface area contributed by atoms with Crippen molar-refractivity contribution >= 4 is 27.3 Å². The Morgan fingerprint density at radius 2 is 1.83 bits per heavy atom. The second-order valence-corrected chi connectivity index (χ2v) is 6.66. The molecule has 1 aromatic heterocycles. The predicted molar refractivity (Wildman–Crippen MR) is 95.0 cm³/mol. The number of hydrogen-bond acceptors (Lipinski definition) is 3. The number of carbonyl (C=O) groups is 1. The van der Waals surface area contributed by atoms with E-state index in [1.807, 2.05) is 61.5 Å². The number of aliphatic hydroxyl groups excluding tert-OH is 1. The van der Waals surface area contributed by atoms with Crippen LogP contribution in [0.25, 0.3) is 10.1 Å². The van der Waals surface area contributed by atoms with Crippen molar-refractivity contribution in [3.63, 3.8) is 0 Å². The standard InChI is InChI=1S/C19H19NO2S/c1-13-16-9-5-6-10-17(16)23-18(13)19(22)20-12-15(21)11-14-7-3-2-4-8-14/h2-10,15,21H,11-12H2,1H3,(H,20,22)/t15-/m1/s1. The van der Waals surface area contributed by atoms with Crippen LogP contribution < -0.4 is 5.32 Å². The van der Waals surface area contributed by atoms with E-state index in [9.17, 15) is 9.90 Å². The van der Waals surface area contributed by atoms with E-state index in [1.54, 1.807) is 0 Å². The van der Waals surface area contributed by atoms with Crippen molar-refractivity contribution in [1.29, 1.82) is 0 Å². The highest BCUT2D eigenvalue weighted by atomic mass is 32.1. The summed E-state index contributed by atoms with van der Waals surface area (Å²) in [6, 6.07) is 17.8. The van der Waals surface area contributed by atoms with Crippen LogP contribution in [0, 0.1) is 6.92 Å². The van der Waals surface area contributed by atoms with Gasteiger partial charge in [0, 0.05) is 17.7 Å². The quantitative estimate of drug-likeness (QED) is 0.754. The normalized spacial score (nSPS) is 12.3. The Bertz CT molecular complexity index is 811. The van der Waals surface area contributed by atoms with Crippen molar-refractivity contribution < 1.29 is 9.90 Å². The number of aryl methyl sites for hydroxylation is 1. The molecule has 3 aromatic rings. The van der Waals surface area contributed by atoms with Crippen LogP contribution in [0.15, 0.2) is 54.6 Å². The van der Waals surface area contributed by atoms with E-state index in [0.717, 1.165) is 26.1 Å². The molecule has 0 aliphatic carbocycles. The number of thiophene rings is 1. The van der Waals surface area contributed by atoms with Gasteiger partial charge in [-0.2, -0.15) is 0 Å². The molecule has 4 heteroatoms. The summed E-state index contributed by atoms with van der Waals surface area (Å²) in [5, 5.41) is 14.1. The number of amides is 1. The molecular formula is C19H19NO2S. The van der Waals surface area contributed by atoms with Crippen molar-refractivity contribution in [2.24, 2.45) is 0 Å². The first kappa shape index (κ1) is 15.7. The minimum atomic E-state index is -0.587. The maximum absolute atomic E-state index is 12.4. The monoisotopic (exact) mass is 325 g/mol. The zero-order valence-electron chi connectivity index (χ0n) is 13.0. The summed E-state index contributed by atoms with van der Waals surface area (Å²) in [5.41, 5.74) is 2.06. The third kappa shape index (κ3) is 3.60. The lowest BCUT2D eigenvalue weighted by Crippen LogP contribution is -2.33. The van der Waals surface area contributed by atoms with Gasteiger partial charge in [-0.15, -0.1) is 11.3 Å². The molecule has 0 aliphatic rings. The first-order chi connectivity index (χ1) is 11.1. The van der Waals surface area contributed by atoms with Crippen LogP contribution in [-0.4, -0.2) is 23.7 Å². The summed E-state index contributed by atoms with van der Waals surface area (Å²) < 4.78 is 1.11. The Kier molecular flexibility index (Phi) is 4.74. The van der Waals surface area contributed by atoms with Gasteiger partial charge in [0.2, 0.25) is 0 Å². The number of carbonyl (C=O) groups excluding carboxylic acids is 1. The molecule has 1 amide bonds. The number of hydrogen-bond donors (Lipinski definition) is 2. The van der Waals surface area contributed by atoms with E-state index in [2.05, 4.69) is 5.32 Å². The molecule has 1 heterocycles. The van der Waals surface area contributed by atoms with E-state index in [4.69, 9.17) is 0 Å². The lowest BCUT2D eigenvalue weighted by molar-refractivity contribution is 0.0919. The maximum Gasteiger partial charge on any atom is 0.261 e. The number of fused-ring (bicyclic) bond motifs is 1. The molecule has 1 atom stereocenters. The average Bonchev–Trinajstić information content (AvgIpc) is 2.91. The summed E-state index contributed by atoms with van der Waals surface area (Å²) in [6.45, 7) is 2.22. The van der Waals surface area contributed by atoms with E-state index in [-0.39, 0.29) is 12.5 Å². The molecule has 118 valence electrons. The van der Waals surface area contributed by atoms with Gasteiger partial charge in [-0.05, 0) is 29.5 Å². The molecular weight excluding hydrogens is 306 g/mol. The highest BCUT2D eigenvalue weighted by molar-refractivity contribution is 7.21. The molecule has 2 N–H and O–H groups in total. The smallest absolute Gasteiger partial charge is 0.261 e.